The van der Waals surface area contributed by atoms with Crippen molar-refractivity contribution in [3.05, 3.63) is 30.4 Å². The molecule has 0 aliphatic carbocycles. The van der Waals surface area contributed by atoms with Crippen molar-refractivity contribution in [1.29, 1.82) is 0 Å². The lowest BCUT2D eigenvalue weighted by Crippen LogP contribution is -2.27. The van der Waals surface area contributed by atoms with Crippen LogP contribution in [0, 0.1) is 0 Å². The summed E-state index contributed by atoms with van der Waals surface area (Å²) in [4.78, 5) is 10.9. The lowest BCUT2D eigenvalue weighted by atomic mass is 10.3. The third kappa shape index (κ3) is 3.27. The molecule has 18 heavy (non-hydrogen) atoms. The van der Waals surface area contributed by atoms with Crippen LogP contribution in [-0.4, -0.2) is 44.1 Å². The van der Waals surface area contributed by atoms with E-state index < -0.39 is 0 Å². The van der Waals surface area contributed by atoms with Crippen molar-refractivity contribution in [1.82, 2.24) is 19.3 Å². The van der Waals surface area contributed by atoms with Gasteiger partial charge in [-0.1, -0.05) is 13.3 Å². The van der Waals surface area contributed by atoms with E-state index in [0.29, 0.717) is 6.54 Å². The van der Waals surface area contributed by atoms with Crippen LogP contribution in [0.3, 0.4) is 0 Å². The average Bonchev–Trinajstić information content (AvgIpc) is 2.78. The Morgan fingerprint density at radius 2 is 2.28 bits per heavy atom. The van der Waals surface area contributed by atoms with Crippen molar-refractivity contribution in [2.75, 3.05) is 19.7 Å². The summed E-state index contributed by atoms with van der Waals surface area (Å²) in [5.74, 6) is 0.729. The predicted octanol–water partition coefficient (Wildman–Crippen LogP) is 1.32. The zero-order valence-corrected chi connectivity index (χ0v) is 10.8. The van der Waals surface area contributed by atoms with Gasteiger partial charge in [0, 0.05) is 31.7 Å². The maximum atomic E-state index is 9.07. The molecule has 5 heteroatoms. The molecule has 0 spiro atoms. The summed E-state index contributed by atoms with van der Waals surface area (Å²) >= 11 is 0. The molecule has 0 bridgehead atoms. The number of fused-ring (bicyclic) bond motifs is 1. The van der Waals surface area contributed by atoms with Gasteiger partial charge in [-0.3, -0.25) is 9.30 Å². The maximum Gasteiger partial charge on any atom is 0.233 e. The standard InChI is InChI=1S/C13H20N4O/c1-2-3-6-16(8-9-18)10-12-11-17-7-4-5-14-13(17)15-12/h4-5,7,11,18H,2-3,6,8-10H2,1H3. The number of nitrogens with zero attached hydrogens (tertiary/aromatic N) is 4. The van der Waals surface area contributed by atoms with Crippen molar-refractivity contribution < 1.29 is 5.11 Å². The van der Waals surface area contributed by atoms with Gasteiger partial charge in [-0.2, -0.15) is 0 Å². The van der Waals surface area contributed by atoms with Crippen LogP contribution in [0.5, 0.6) is 0 Å². The number of aromatic nitrogens is 3. The quantitative estimate of drug-likeness (QED) is 0.803. The molecule has 2 heterocycles. The van der Waals surface area contributed by atoms with E-state index >= 15 is 0 Å². The number of rotatable bonds is 7. The first kappa shape index (κ1) is 13.0. The van der Waals surface area contributed by atoms with E-state index in [4.69, 9.17) is 5.11 Å². The van der Waals surface area contributed by atoms with Gasteiger partial charge in [-0.05, 0) is 19.0 Å². The smallest absolute Gasteiger partial charge is 0.233 e. The van der Waals surface area contributed by atoms with Gasteiger partial charge in [0.05, 0.1) is 12.3 Å². The van der Waals surface area contributed by atoms with Crippen LogP contribution in [-0.2, 0) is 6.54 Å². The molecule has 0 saturated heterocycles. The Morgan fingerprint density at radius 3 is 3.00 bits per heavy atom. The monoisotopic (exact) mass is 248 g/mol. The van der Waals surface area contributed by atoms with Crippen molar-refractivity contribution in [3.63, 3.8) is 0 Å². The summed E-state index contributed by atoms with van der Waals surface area (Å²) in [7, 11) is 0. The normalized spacial score (nSPS) is 11.5. The SMILES string of the molecule is CCCCN(CCO)Cc1cn2cccnc2n1. The molecular formula is C13H20N4O. The third-order valence-electron chi connectivity index (χ3n) is 2.92. The Balaban J connectivity index is 2.05. The van der Waals surface area contributed by atoms with Crippen LogP contribution < -0.4 is 0 Å². The Morgan fingerprint density at radius 1 is 1.39 bits per heavy atom. The molecule has 0 aliphatic rings. The highest BCUT2D eigenvalue weighted by Crippen LogP contribution is 2.06. The molecule has 0 radical (unpaired) electrons. The molecule has 0 atom stereocenters. The summed E-state index contributed by atoms with van der Waals surface area (Å²) in [5.41, 5.74) is 0.998. The van der Waals surface area contributed by atoms with Crippen LogP contribution in [0.25, 0.3) is 5.78 Å². The molecule has 0 saturated carbocycles. The Hall–Kier alpha value is -1.46. The summed E-state index contributed by atoms with van der Waals surface area (Å²) in [5, 5.41) is 9.07. The van der Waals surface area contributed by atoms with Gasteiger partial charge in [-0.25, -0.2) is 9.97 Å². The third-order valence-corrected chi connectivity index (χ3v) is 2.92. The topological polar surface area (TPSA) is 53.7 Å². The average molecular weight is 248 g/mol. The molecule has 0 amide bonds. The number of aliphatic hydroxyl groups excluding tert-OH is 1. The fourth-order valence-corrected chi connectivity index (χ4v) is 1.98. The fourth-order valence-electron chi connectivity index (χ4n) is 1.98. The van der Waals surface area contributed by atoms with Gasteiger partial charge in [0.15, 0.2) is 0 Å². The fraction of sp³-hybridized carbons (Fsp3) is 0.538. The highest BCUT2D eigenvalue weighted by molar-refractivity contribution is 5.29. The molecule has 2 aromatic heterocycles. The first-order valence-corrected chi connectivity index (χ1v) is 6.45. The molecule has 2 rings (SSSR count). The zero-order chi connectivity index (χ0) is 12.8. The Bertz CT molecular complexity index is 450. The molecule has 0 fully saturated rings. The van der Waals surface area contributed by atoms with Crippen LogP contribution >= 0.6 is 0 Å². The molecule has 1 N–H and O–H groups in total. The minimum atomic E-state index is 0.190. The van der Waals surface area contributed by atoms with Crippen molar-refractivity contribution in [3.8, 4) is 0 Å². The summed E-state index contributed by atoms with van der Waals surface area (Å²) < 4.78 is 1.92. The van der Waals surface area contributed by atoms with E-state index in [9.17, 15) is 0 Å². The summed E-state index contributed by atoms with van der Waals surface area (Å²) in [6, 6.07) is 1.89. The Labute approximate surface area is 107 Å². The summed E-state index contributed by atoms with van der Waals surface area (Å²) in [6.45, 7) is 4.82. The lowest BCUT2D eigenvalue weighted by molar-refractivity contribution is 0.187. The van der Waals surface area contributed by atoms with Crippen LogP contribution in [0.15, 0.2) is 24.7 Å². The minimum Gasteiger partial charge on any atom is -0.395 e. The van der Waals surface area contributed by atoms with Gasteiger partial charge in [0.1, 0.15) is 0 Å². The number of imidazole rings is 1. The van der Waals surface area contributed by atoms with Crippen LogP contribution in [0.4, 0.5) is 0 Å². The minimum absolute atomic E-state index is 0.190. The first-order valence-electron chi connectivity index (χ1n) is 6.45. The second-order valence-corrected chi connectivity index (χ2v) is 4.41. The van der Waals surface area contributed by atoms with E-state index in [1.54, 1.807) is 6.20 Å². The van der Waals surface area contributed by atoms with Gasteiger partial charge in [0.2, 0.25) is 5.78 Å². The second-order valence-electron chi connectivity index (χ2n) is 4.41. The van der Waals surface area contributed by atoms with Crippen LogP contribution in [0.1, 0.15) is 25.5 Å². The van der Waals surface area contributed by atoms with Gasteiger partial charge in [-0.15, -0.1) is 0 Å². The number of hydrogen-bond donors (Lipinski definition) is 1. The Kier molecular flexibility index (Phi) is 4.66. The highest BCUT2D eigenvalue weighted by Gasteiger charge is 2.08. The zero-order valence-electron chi connectivity index (χ0n) is 10.8. The predicted molar refractivity (Wildman–Crippen MR) is 70.3 cm³/mol. The van der Waals surface area contributed by atoms with E-state index in [0.717, 1.165) is 37.4 Å². The van der Waals surface area contributed by atoms with Gasteiger partial charge in [0.25, 0.3) is 0 Å². The van der Waals surface area contributed by atoms with E-state index in [1.807, 2.05) is 22.9 Å². The van der Waals surface area contributed by atoms with Crippen molar-refractivity contribution >= 4 is 5.78 Å². The van der Waals surface area contributed by atoms with Crippen molar-refractivity contribution in [2.24, 2.45) is 0 Å². The van der Waals surface area contributed by atoms with E-state index in [2.05, 4.69) is 21.8 Å². The highest BCUT2D eigenvalue weighted by atomic mass is 16.3. The molecular weight excluding hydrogens is 228 g/mol. The van der Waals surface area contributed by atoms with E-state index in [-0.39, 0.29) is 6.61 Å². The maximum absolute atomic E-state index is 9.07. The molecule has 5 nitrogen and oxygen atoms in total. The summed E-state index contributed by atoms with van der Waals surface area (Å²) in [6.07, 6.45) is 7.99. The molecule has 2 aromatic rings. The van der Waals surface area contributed by atoms with Gasteiger partial charge >= 0.3 is 0 Å². The number of hydrogen-bond acceptors (Lipinski definition) is 4. The molecule has 98 valence electrons. The van der Waals surface area contributed by atoms with Gasteiger partial charge < -0.3 is 5.11 Å². The van der Waals surface area contributed by atoms with Crippen LogP contribution in [0.2, 0.25) is 0 Å². The van der Waals surface area contributed by atoms with E-state index in [1.165, 1.54) is 0 Å². The molecule has 0 aromatic carbocycles. The van der Waals surface area contributed by atoms with Crippen molar-refractivity contribution in [2.45, 2.75) is 26.3 Å². The lowest BCUT2D eigenvalue weighted by Gasteiger charge is -2.19. The largest absolute Gasteiger partial charge is 0.395 e. The molecule has 0 aliphatic heterocycles. The molecule has 0 unspecified atom stereocenters. The number of unbranched alkanes of at least 4 members (excludes halogenated alkanes) is 1. The number of aliphatic hydroxyl groups is 1. The first-order chi connectivity index (χ1) is 8.83. The second kappa shape index (κ2) is 6.47.